The first-order valence-electron chi connectivity index (χ1n) is 7.43. The van der Waals surface area contributed by atoms with Gasteiger partial charge in [0, 0.05) is 28.9 Å². The molecular weight excluding hydrogens is 355 g/mol. The second-order valence-electron chi connectivity index (χ2n) is 5.42. The molecule has 3 nitrogen and oxygen atoms in total. The van der Waals surface area contributed by atoms with Crippen LogP contribution in [0.25, 0.3) is 4.96 Å². The van der Waals surface area contributed by atoms with Crippen LogP contribution in [0.2, 0.25) is 0 Å². The number of hydrogen-bond donors (Lipinski definition) is 1. The van der Waals surface area contributed by atoms with Crippen LogP contribution in [0.3, 0.4) is 0 Å². The predicted molar refractivity (Wildman–Crippen MR) is 90.6 cm³/mol. The molecule has 0 saturated heterocycles. The van der Waals surface area contributed by atoms with Crippen molar-refractivity contribution in [2.45, 2.75) is 41.9 Å². The number of benzene rings is 1. The molecule has 0 aliphatic carbocycles. The second-order valence-corrected chi connectivity index (χ2v) is 7.35. The Kier molecular flexibility index (Phi) is 4.89. The third-order valence-electron chi connectivity index (χ3n) is 3.68. The average molecular weight is 371 g/mol. The van der Waals surface area contributed by atoms with Gasteiger partial charge in [0.2, 0.25) is 0 Å². The number of hydrogen-bond acceptors (Lipinski definition) is 4. The van der Waals surface area contributed by atoms with Crippen molar-refractivity contribution in [1.82, 2.24) is 9.38 Å². The molecule has 3 rings (SSSR count). The quantitative estimate of drug-likeness (QED) is 0.697. The highest BCUT2D eigenvalue weighted by Gasteiger charge is 2.30. The number of imidazole rings is 1. The Hall–Kier alpha value is -1.51. The summed E-state index contributed by atoms with van der Waals surface area (Å²) in [4.78, 5) is 5.89. The number of fused-ring (bicyclic) bond motifs is 1. The van der Waals surface area contributed by atoms with Crippen molar-refractivity contribution < 1.29 is 13.2 Å². The largest absolute Gasteiger partial charge is 0.416 e. The van der Waals surface area contributed by atoms with Gasteiger partial charge in [-0.25, -0.2) is 4.98 Å². The van der Waals surface area contributed by atoms with Gasteiger partial charge in [0.1, 0.15) is 5.03 Å². The molecule has 128 valence electrons. The standard InChI is InChI=1S/C16H16F3N3S2/c1-2-11(20)9-13-14(21-15-22(13)6-7-23-15)24-12-5-3-4-10(8-12)16(17,18)19/h3-8,11H,2,9,20H2,1H3. The van der Waals surface area contributed by atoms with Crippen molar-refractivity contribution in [1.29, 1.82) is 0 Å². The van der Waals surface area contributed by atoms with Crippen molar-refractivity contribution >= 4 is 28.1 Å². The van der Waals surface area contributed by atoms with Crippen molar-refractivity contribution in [3.05, 3.63) is 47.1 Å². The Morgan fingerprint density at radius 1 is 1.38 bits per heavy atom. The van der Waals surface area contributed by atoms with Gasteiger partial charge in [0.15, 0.2) is 4.96 Å². The van der Waals surface area contributed by atoms with Crippen LogP contribution in [0.15, 0.2) is 45.8 Å². The highest BCUT2D eigenvalue weighted by atomic mass is 32.2. The number of nitrogens with zero attached hydrogens (tertiary/aromatic N) is 2. The fraction of sp³-hybridized carbons (Fsp3) is 0.312. The van der Waals surface area contributed by atoms with Gasteiger partial charge in [-0.3, -0.25) is 4.40 Å². The zero-order chi connectivity index (χ0) is 17.3. The zero-order valence-corrected chi connectivity index (χ0v) is 14.5. The monoisotopic (exact) mass is 371 g/mol. The molecule has 0 radical (unpaired) electrons. The minimum atomic E-state index is -4.35. The molecule has 0 aliphatic heterocycles. The summed E-state index contributed by atoms with van der Waals surface area (Å²) in [7, 11) is 0. The first-order valence-corrected chi connectivity index (χ1v) is 9.13. The molecule has 2 N–H and O–H groups in total. The number of thiazole rings is 1. The SMILES string of the molecule is CCC(N)Cc1c(Sc2cccc(C(F)(F)F)c2)nc2sccn12. The van der Waals surface area contributed by atoms with Crippen LogP contribution in [0.1, 0.15) is 24.6 Å². The van der Waals surface area contributed by atoms with Crippen molar-refractivity contribution in [2.75, 3.05) is 0 Å². The molecule has 0 fully saturated rings. The summed E-state index contributed by atoms with van der Waals surface area (Å²) >= 11 is 2.74. The zero-order valence-electron chi connectivity index (χ0n) is 12.9. The Bertz CT molecular complexity index is 839. The summed E-state index contributed by atoms with van der Waals surface area (Å²) in [6.07, 6.45) is -0.972. The Balaban J connectivity index is 1.95. The van der Waals surface area contributed by atoms with E-state index in [1.807, 2.05) is 22.9 Å². The molecule has 1 atom stereocenters. The Morgan fingerprint density at radius 2 is 2.17 bits per heavy atom. The molecule has 0 bridgehead atoms. The second kappa shape index (κ2) is 6.78. The smallest absolute Gasteiger partial charge is 0.327 e. The third-order valence-corrected chi connectivity index (χ3v) is 5.45. The molecule has 2 heterocycles. The molecule has 8 heteroatoms. The number of nitrogens with two attached hydrogens (primary N) is 1. The predicted octanol–water partition coefficient (Wildman–Crippen LogP) is 4.85. The Morgan fingerprint density at radius 3 is 2.88 bits per heavy atom. The highest BCUT2D eigenvalue weighted by Crippen LogP contribution is 2.36. The summed E-state index contributed by atoms with van der Waals surface area (Å²) in [5, 5.41) is 2.65. The molecule has 0 aliphatic rings. The lowest BCUT2D eigenvalue weighted by Gasteiger charge is -2.11. The summed E-state index contributed by atoms with van der Waals surface area (Å²) in [6.45, 7) is 2.01. The summed E-state index contributed by atoms with van der Waals surface area (Å²) in [5.41, 5.74) is 6.37. The maximum atomic E-state index is 12.9. The van der Waals surface area contributed by atoms with E-state index in [4.69, 9.17) is 5.73 Å². The van der Waals surface area contributed by atoms with Crippen LogP contribution in [0.5, 0.6) is 0 Å². The van der Waals surface area contributed by atoms with Crippen molar-refractivity contribution in [2.24, 2.45) is 5.73 Å². The molecule has 0 amide bonds. The van der Waals surface area contributed by atoms with E-state index < -0.39 is 11.7 Å². The van der Waals surface area contributed by atoms with Crippen LogP contribution in [-0.2, 0) is 12.6 Å². The first-order chi connectivity index (χ1) is 11.4. The normalized spacial score (nSPS) is 13.5. The van der Waals surface area contributed by atoms with E-state index >= 15 is 0 Å². The summed E-state index contributed by atoms with van der Waals surface area (Å²) in [6, 6.07) is 5.30. The third kappa shape index (κ3) is 3.60. The number of halogens is 3. The first kappa shape index (κ1) is 17.3. The molecule has 2 aromatic heterocycles. The molecule has 1 aromatic carbocycles. The maximum Gasteiger partial charge on any atom is 0.416 e. The Labute approximate surface area is 145 Å². The molecule has 0 spiro atoms. The van der Waals surface area contributed by atoms with Crippen LogP contribution < -0.4 is 5.73 Å². The molecular formula is C16H16F3N3S2. The minimum absolute atomic E-state index is 0.00865. The number of rotatable bonds is 5. The van der Waals surface area contributed by atoms with E-state index in [2.05, 4.69) is 4.98 Å². The van der Waals surface area contributed by atoms with Gasteiger partial charge in [-0.15, -0.1) is 11.3 Å². The minimum Gasteiger partial charge on any atom is -0.327 e. The van der Waals surface area contributed by atoms with Gasteiger partial charge in [0.05, 0.1) is 11.3 Å². The fourth-order valence-corrected chi connectivity index (χ4v) is 4.10. The van der Waals surface area contributed by atoms with Gasteiger partial charge in [-0.2, -0.15) is 13.2 Å². The van der Waals surface area contributed by atoms with Gasteiger partial charge in [0.25, 0.3) is 0 Å². The summed E-state index contributed by atoms with van der Waals surface area (Å²) in [5.74, 6) is 0. The molecule has 1 unspecified atom stereocenters. The average Bonchev–Trinajstić information content (AvgIpc) is 3.10. The lowest BCUT2D eigenvalue weighted by atomic mass is 10.1. The number of aromatic nitrogens is 2. The van der Waals surface area contributed by atoms with Crippen molar-refractivity contribution in [3.8, 4) is 0 Å². The molecule has 24 heavy (non-hydrogen) atoms. The van der Waals surface area contributed by atoms with E-state index in [0.29, 0.717) is 16.3 Å². The van der Waals surface area contributed by atoms with E-state index in [0.717, 1.165) is 29.2 Å². The van der Waals surface area contributed by atoms with E-state index in [9.17, 15) is 13.2 Å². The van der Waals surface area contributed by atoms with Gasteiger partial charge in [-0.05, 0) is 24.6 Å². The van der Waals surface area contributed by atoms with E-state index in [1.165, 1.54) is 29.2 Å². The molecule has 3 aromatic rings. The lowest BCUT2D eigenvalue weighted by molar-refractivity contribution is -0.137. The van der Waals surface area contributed by atoms with E-state index in [-0.39, 0.29) is 6.04 Å². The van der Waals surface area contributed by atoms with Crippen LogP contribution in [-0.4, -0.2) is 15.4 Å². The maximum absolute atomic E-state index is 12.9. The van der Waals surface area contributed by atoms with Gasteiger partial charge >= 0.3 is 6.18 Å². The number of alkyl halides is 3. The molecule has 0 saturated carbocycles. The topological polar surface area (TPSA) is 43.3 Å². The van der Waals surface area contributed by atoms with Crippen molar-refractivity contribution in [3.63, 3.8) is 0 Å². The summed E-state index contributed by atoms with van der Waals surface area (Å²) < 4.78 is 40.6. The lowest BCUT2D eigenvalue weighted by Crippen LogP contribution is -2.22. The van der Waals surface area contributed by atoms with Crippen LogP contribution in [0.4, 0.5) is 13.2 Å². The van der Waals surface area contributed by atoms with Crippen LogP contribution >= 0.6 is 23.1 Å². The van der Waals surface area contributed by atoms with Gasteiger partial charge < -0.3 is 5.73 Å². The van der Waals surface area contributed by atoms with E-state index in [1.54, 1.807) is 6.07 Å². The highest BCUT2D eigenvalue weighted by molar-refractivity contribution is 7.99. The van der Waals surface area contributed by atoms with Crippen LogP contribution in [0, 0.1) is 0 Å². The van der Waals surface area contributed by atoms with Gasteiger partial charge in [-0.1, -0.05) is 24.8 Å². The fourth-order valence-electron chi connectivity index (χ4n) is 2.32.